The molecule has 0 saturated carbocycles. The largest absolute Gasteiger partial charge is 0.478 e. The zero-order chi connectivity index (χ0) is 10.3. The molecule has 0 atom stereocenters. The van der Waals surface area contributed by atoms with Gasteiger partial charge in [-0.3, -0.25) is 0 Å². The van der Waals surface area contributed by atoms with Gasteiger partial charge in [0.1, 0.15) is 5.52 Å². The minimum absolute atomic E-state index is 0.0207. The van der Waals surface area contributed by atoms with Gasteiger partial charge in [0.25, 0.3) is 5.35 Å². The molecule has 1 heterocycles. The van der Waals surface area contributed by atoms with Crippen LogP contribution in [0.5, 0.6) is 0 Å². The van der Waals surface area contributed by atoms with E-state index in [2.05, 4.69) is 4.98 Å². The van der Waals surface area contributed by atoms with Gasteiger partial charge in [-0.1, -0.05) is 0 Å². The zero-order valence-corrected chi connectivity index (χ0v) is 7.38. The first kappa shape index (κ1) is 8.96. The van der Waals surface area contributed by atoms with Crippen molar-refractivity contribution < 1.29 is 18.7 Å². The normalized spacial score (nSPS) is 10.7. The van der Waals surface area contributed by atoms with Crippen LogP contribution >= 0.6 is 11.6 Å². The Morgan fingerprint density at radius 3 is 2.93 bits per heavy atom. The quantitative estimate of drug-likeness (QED) is 0.793. The predicted octanol–water partition coefficient (Wildman–Crippen LogP) is 2.32. The Kier molecular flexibility index (Phi) is 1.89. The fraction of sp³-hybridized carbons (Fsp3) is 0. The molecule has 0 amide bonds. The number of rotatable bonds is 1. The number of nitrogens with zero attached hydrogens (tertiary/aromatic N) is 1. The highest BCUT2D eigenvalue weighted by atomic mass is 35.5. The molecule has 0 saturated heterocycles. The van der Waals surface area contributed by atoms with E-state index < -0.39 is 11.8 Å². The van der Waals surface area contributed by atoms with Crippen molar-refractivity contribution in [3.05, 3.63) is 28.9 Å². The Labute approximate surface area is 81.9 Å². The second kappa shape index (κ2) is 2.95. The average molecular weight is 216 g/mol. The number of carboxylic acid groups (broad SMARTS) is 1. The van der Waals surface area contributed by atoms with E-state index in [4.69, 9.17) is 21.1 Å². The molecule has 2 rings (SSSR count). The van der Waals surface area contributed by atoms with Crippen LogP contribution in [0.25, 0.3) is 11.1 Å². The SMILES string of the molecule is O=C(O)c1cc(F)c2nc(Cl)oc2c1. The lowest BCUT2D eigenvalue weighted by atomic mass is 10.2. The first-order valence-electron chi connectivity index (χ1n) is 3.57. The zero-order valence-electron chi connectivity index (χ0n) is 6.62. The van der Waals surface area contributed by atoms with E-state index in [9.17, 15) is 9.18 Å². The second-order valence-corrected chi connectivity index (χ2v) is 2.90. The van der Waals surface area contributed by atoms with Gasteiger partial charge in [-0.2, -0.15) is 4.98 Å². The number of fused-ring (bicyclic) bond motifs is 1. The van der Waals surface area contributed by atoms with Crippen molar-refractivity contribution in [2.24, 2.45) is 0 Å². The van der Waals surface area contributed by atoms with Crippen LogP contribution in [0.1, 0.15) is 10.4 Å². The topological polar surface area (TPSA) is 63.3 Å². The van der Waals surface area contributed by atoms with E-state index in [-0.39, 0.29) is 22.0 Å². The first-order valence-corrected chi connectivity index (χ1v) is 3.94. The van der Waals surface area contributed by atoms with E-state index in [1.165, 1.54) is 6.07 Å². The molecule has 0 fully saturated rings. The molecular weight excluding hydrogens is 213 g/mol. The molecule has 0 radical (unpaired) electrons. The van der Waals surface area contributed by atoms with Crippen LogP contribution < -0.4 is 0 Å². The van der Waals surface area contributed by atoms with E-state index in [0.717, 1.165) is 6.07 Å². The van der Waals surface area contributed by atoms with Gasteiger partial charge in [-0.05, 0) is 23.7 Å². The molecule has 0 aliphatic carbocycles. The summed E-state index contributed by atoms with van der Waals surface area (Å²) in [7, 11) is 0. The molecule has 0 aliphatic heterocycles. The van der Waals surface area contributed by atoms with Crippen molar-refractivity contribution >= 4 is 28.7 Å². The van der Waals surface area contributed by atoms with Gasteiger partial charge in [-0.15, -0.1) is 0 Å². The molecule has 6 heteroatoms. The van der Waals surface area contributed by atoms with Crippen molar-refractivity contribution in [2.75, 3.05) is 0 Å². The van der Waals surface area contributed by atoms with Gasteiger partial charge in [-0.25, -0.2) is 9.18 Å². The van der Waals surface area contributed by atoms with E-state index >= 15 is 0 Å². The van der Waals surface area contributed by atoms with Gasteiger partial charge in [0.15, 0.2) is 11.4 Å². The molecule has 1 aromatic carbocycles. The Balaban J connectivity index is 2.77. The second-order valence-electron chi connectivity index (χ2n) is 2.58. The summed E-state index contributed by atoms with van der Waals surface area (Å²) in [5.41, 5.74) is -0.254. The lowest BCUT2D eigenvalue weighted by molar-refractivity contribution is 0.0696. The molecule has 4 nitrogen and oxygen atoms in total. The third-order valence-electron chi connectivity index (χ3n) is 1.67. The van der Waals surface area contributed by atoms with Gasteiger partial charge in [0.05, 0.1) is 5.56 Å². The Hall–Kier alpha value is -1.62. The minimum Gasteiger partial charge on any atom is -0.478 e. The fourth-order valence-electron chi connectivity index (χ4n) is 1.09. The number of benzene rings is 1. The van der Waals surface area contributed by atoms with Crippen LogP contribution in [0.15, 0.2) is 16.5 Å². The highest BCUT2D eigenvalue weighted by Crippen LogP contribution is 2.23. The number of carboxylic acids is 1. The van der Waals surface area contributed by atoms with E-state index in [0.29, 0.717) is 0 Å². The predicted molar refractivity (Wildman–Crippen MR) is 45.9 cm³/mol. The summed E-state index contributed by atoms with van der Waals surface area (Å²) >= 11 is 5.40. The molecule has 0 unspecified atom stereocenters. The van der Waals surface area contributed by atoms with Crippen molar-refractivity contribution in [1.29, 1.82) is 0 Å². The Morgan fingerprint density at radius 1 is 1.57 bits per heavy atom. The van der Waals surface area contributed by atoms with Gasteiger partial charge >= 0.3 is 5.97 Å². The molecule has 1 N–H and O–H groups in total. The Bertz CT molecular complexity index is 523. The minimum atomic E-state index is -1.24. The number of halogens is 2. The van der Waals surface area contributed by atoms with Crippen LogP contribution in [0.4, 0.5) is 4.39 Å². The summed E-state index contributed by atoms with van der Waals surface area (Å²) < 4.78 is 18.0. The molecule has 2 aromatic rings. The summed E-state index contributed by atoms with van der Waals surface area (Å²) in [6, 6.07) is 2.03. The smallest absolute Gasteiger partial charge is 0.335 e. The number of oxazole rings is 1. The monoisotopic (exact) mass is 215 g/mol. The van der Waals surface area contributed by atoms with Crippen LogP contribution in [-0.2, 0) is 0 Å². The summed E-state index contributed by atoms with van der Waals surface area (Å²) in [6.07, 6.45) is 0. The molecule has 14 heavy (non-hydrogen) atoms. The van der Waals surface area contributed by atoms with Crippen molar-refractivity contribution in [3.63, 3.8) is 0 Å². The third kappa shape index (κ3) is 1.31. The molecule has 0 aliphatic rings. The molecule has 0 spiro atoms. The molecule has 72 valence electrons. The molecule has 0 bridgehead atoms. The highest BCUT2D eigenvalue weighted by molar-refractivity contribution is 6.28. The van der Waals surface area contributed by atoms with Crippen LogP contribution in [0.2, 0.25) is 5.35 Å². The van der Waals surface area contributed by atoms with Gasteiger partial charge in [0.2, 0.25) is 0 Å². The maximum atomic E-state index is 13.2. The van der Waals surface area contributed by atoms with Gasteiger partial charge < -0.3 is 9.52 Å². The number of aromatic nitrogens is 1. The van der Waals surface area contributed by atoms with Crippen molar-refractivity contribution in [3.8, 4) is 0 Å². The van der Waals surface area contributed by atoms with E-state index in [1.54, 1.807) is 0 Å². The third-order valence-corrected chi connectivity index (χ3v) is 1.83. The molecule has 1 aromatic heterocycles. The summed E-state index contributed by atoms with van der Waals surface area (Å²) in [6.45, 7) is 0. The van der Waals surface area contributed by atoms with E-state index in [1.807, 2.05) is 0 Å². The number of hydrogen-bond donors (Lipinski definition) is 1. The van der Waals surface area contributed by atoms with Crippen LogP contribution in [0, 0.1) is 5.82 Å². The number of carbonyl (C=O) groups is 1. The fourth-order valence-corrected chi connectivity index (χ4v) is 1.25. The standard InChI is InChI=1S/C8H3ClFNO3/c9-8-11-6-4(10)1-3(7(12)13)2-5(6)14-8/h1-2H,(H,12,13). The first-order chi connectivity index (χ1) is 6.58. The maximum Gasteiger partial charge on any atom is 0.335 e. The maximum absolute atomic E-state index is 13.2. The lowest BCUT2D eigenvalue weighted by Crippen LogP contribution is -1.96. The Morgan fingerprint density at radius 2 is 2.29 bits per heavy atom. The number of aromatic carboxylic acids is 1. The van der Waals surface area contributed by atoms with Crippen molar-refractivity contribution in [2.45, 2.75) is 0 Å². The average Bonchev–Trinajstić information content (AvgIpc) is 2.45. The lowest BCUT2D eigenvalue weighted by Gasteiger charge is -1.93. The van der Waals surface area contributed by atoms with Gasteiger partial charge in [0, 0.05) is 0 Å². The number of hydrogen-bond acceptors (Lipinski definition) is 3. The summed E-state index contributed by atoms with van der Waals surface area (Å²) in [5.74, 6) is -2.01. The van der Waals surface area contributed by atoms with Crippen molar-refractivity contribution in [1.82, 2.24) is 4.98 Å². The van der Waals surface area contributed by atoms with Crippen LogP contribution in [0.3, 0.4) is 0 Å². The summed E-state index contributed by atoms with van der Waals surface area (Å²) in [4.78, 5) is 14.1. The summed E-state index contributed by atoms with van der Waals surface area (Å²) in [5, 5.41) is 8.39. The highest BCUT2D eigenvalue weighted by Gasteiger charge is 2.13. The van der Waals surface area contributed by atoms with Crippen LogP contribution in [-0.4, -0.2) is 16.1 Å². The molecular formula is C8H3ClFNO3.